The second kappa shape index (κ2) is 15.2. The van der Waals surface area contributed by atoms with E-state index in [-0.39, 0.29) is 17.1 Å². The van der Waals surface area contributed by atoms with Crippen LogP contribution in [0.4, 0.5) is 0 Å². The van der Waals surface area contributed by atoms with Gasteiger partial charge in [0, 0.05) is 47.4 Å². The lowest BCUT2D eigenvalue weighted by Gasteiger charge is -2.54. The van der Waals surface area contributed by atoms with Crippen LogP contribution in [0.5, 0.6) is 5.75 Å². The highest BCUT2D eigenvalue weighted by Gasteiger charge is 2.52. The third-order valence-electron chi connectivity index (χ3n) is 8.10. The largest absolute Gasteiger partial charge is 0.487 e. The van der Waals surface area contributed by atoms with E-state index in [1.807, 2.05) is 12.1 Å². The molecule has 2 fully saturated rings. The maximum Gasteiger partial charge on any atom is 0.328 e. The fourth-order valence-electron chi connectivity index (χ4n) is 5.71. The summed E-state index contributed by atoms with van der Waals surface area (Å²) in [5.74, 6) is -3.80. The minimum atomic E-state index is -1.26. The molecule has 2 aromatic rings. The van der Waals surface area contributed by atoms with Crippen molar-refractivity contribution in [3.8, 4) is 5.75 Å². The van der Waals surface area contributed by atoms with Crippen LogP contribution in [-0.4, -0.2) is 84.5 Å². The van der Waals surface area contributed by atoms with Gasteiger partial charge in [-0.3, -0.25) is 4.90 Å². The van der Waals surface area contributed by atoms with Gasteiger partial charge < -0.3 is 34.9 Å². The Morgan fingerprint density at radius 3 is 2.04 bits per heavy atom. The fourth-order valence-corrected chi connectivity index (χ4v) is 5.88. The van der Waals surface area contributed by atoms with Crippen molar-refractivity contribution in [2.45, 2.75) is 58.3 Å². The van der Waals surface area contributed by atoms with Crippen molar-refractivity contribution in [3.63, 3.8) is 0 Å². The van der Waals surface area contributed by atoms with Gasteiger partial charge in [0.25, 0.3) is 0 Å². The molecule has 14 heteroatoms. The standard InChI is InChI=1S/C23H30ClN3O2.2C4H4O4/c1-15-19(26-14-25-15)12-27-8-6-23(7-9-27)11-18-21(28-13-23)17-5-4-16(24)10-20(17)29-22(18,2)3;2*5-3(6)1-2-4(7)8/h4-5,10,14,18,21H,6-9,11-13H2,1-3H3,(H,25,26);2*1-2H,(H,5,6)(H,7,8)/b;2*2-1+/t18-,21+;;/m0../s1. The van der Waals surface area contributed by atoms with Gasteiger partial charge in [0.2, 0.25) is 0 Å². The number of aromatic amines is 1. The molecule has 244 valence electrons. The number of carboxylic acids is 4. The first-order valence-electron chi connectivity index (χ1n) is 14.2. The van der Waals surface area contributed by atoms with Gasteiger partial charge in [-0.2, -0.15) is 0 Å². The molecule has 0 bridgehead atoms. The maximum atomic E-state index is 9.55. The Labute approximate surface area is 265 Å². The highest BCUT2D eigenvalue weighted by molar-refractivity contribution is 6.30. The Morgan fingerprint density at radius 2 is 1.56 bits per heavy atom. The lowest BCUT2D eigenvalue weighted by atomic mass is 9.64. The first kappa shape index (κ1) is 35.3. The normalized spacial score (nSPS) is 21.3. The number of carbonyl (C=O) groups is 4. The van der Waals surface area contributed by atoms with Crippen LogP contribution in [0.25, 0.3) is 0 Å². The van der Waals surface area contributed by atoms with Gasteiger partial charge in [0.1, 0.15) is 11.4 Å². The van der Waals surface area contributed by atoms with Crippen LogP contribution in [0.3, 0.4) is 0 Å². The summed E-state index contributed by atoms with van der Waals surface area (Å²) in [6.45, 7) is 10.5. The van der Waals surface area contributed by atoms with Gasteiger partial charge in [0.05, 0.1) is 30.4 Å². The molecule has 2 saturated heterocycles. The number of hydrogen-bond acceptors (Lipinski definition) is 8. The summed E-state index contributed by atoms with van der Waals surface area (Å²) >= 11 is 6.20. The maximum absolute atomic E-state index is 9.55. The number of rotatable bonds is 6. The fraction of sp³-hybridized carbons (Fsp3) is 0.452. The summed E-state index contributed by atoms with van der Waals surface area (Å²) in [4.78, 5) is 48.4. The number of likely N-dealkylation sites (tertiary alicyclic amines) is 1. The van der Waals surface area contributed by atoms with Crippen molar-refractivity contribution in [2.24, 2.45) is 11.3 Å². The predicted octanol–water partition coefficient (Wildman–Crippen LogP) is 4.33. The van der Waals surface area contributed by atoms with Crippen LogP contribution < -0.4 is 4.74 Å². The number of ether oxygens (including phenoxy) is 2. The summed E-state index contributed by atoms with van der Waals surface area (Å²) in [6.07, 6.45) is 7.63. The van der Waals surface area contributed by atoms with Gasteiger partial charge in [-0.15, -0.1) is 0 Å². The van der Waals surface area contributed by atoms with E-state index in [9.17, 15) is 19.2 Å². The first-order valence-corrected chi connectivity index (χ1v) is 14.6. The molecule has 0 amide bonds. The molecule has 0 saturated carbocycles. The van der Waals surface area contributed by atoms with Crippen LogP contribution in [0, 0.1) is 18.3 Å². The predicted molar refractivity (Wildman–Crippen MR) is 162 cm³/mol. The monoisotopic (exact) mass is 647 g/mol. The van der Waals surface area contributed by atoms with Gasteiger partial charge in [-0.1, -0.05) is 17.7 Å². The number of piperidine rings is 1. The summed E-state index contributed by atoms with van der Waals surface area (Å²) in [5, 5.41) is 32.0. The average Bonchev–Trinajstić information content (AvgIpc) is 3.36. The minimum absolute atomic E-state index is 0.0994. The highest BCUT2D eigenvalue weighted by atomic mass is 35.5. The summed E-state index contributed by atoms with van der Waals surface area (Å²) in [5.41, 5.74) is 3.48. The third-order valence-corrected chi connectivity index (χ3v) is 8.34. The van der Waals surface area contributed by atoms with E-state index in [4.69, 9.17) is 41.5 Å². The SMILES string of the molecule is Cc1nc[nH]c1CN1CCC2(CC1)CO[C@@H]1c3ccc(Cl)cc3OC(C)(C)[C@H]1C2.O=C(O)/C=C/C(=O)O.O=C(O)/C=C/C(=O)O. The minimum Gasteiger partial charge on any atom is -0.487 e. The van der Waals surface area contributed by atoms with Gasteiger partial charge in [-0.05, 0) is 70.7 Å². The number of aromatic nitrogens is 2. The van der Waals surface area contributed by atoms with Crippen molar-refractivity contribution in [3.05, 3.63) is 70.8 Å². The molecule has 5 rings (SSSR count). The summed E-state index contributed by atoms with van der Waals surface area (Å²) in [7, 11) is 0. The van der Waals surface area contributed by atoms with Crippen LogP contribution in [-0.2, 0) is 30.5 Å². The van der Waals surface area contributed by atoms with Crippen molar-refractivity contribution in [2.75, 3.05) is 19.7 Å². The molecule has 45 heavy (non-hydrogen) atoms. The highest BCUT2D eigenvalue weighted by Crippen LogP contribution is 2.55. The number of carboxylic acid groups (broad SMARTS) is 4. The zero-order valence-electron chi connectivity index (χ0n) is 25.2. The molecular formula is C31H38ClN3O10. The Hall–Kier alpha value is -4.20. The van der Waals surface area contributed by atoms with E-state index < -0.39 is 23.9 Å². The number of fused-ring (bicyclic) bond motifs is 3. The number of nitrogens with one attached hydrogen (secondary N) is 1. The zero-order chi connectivity index (χ0) is 33.4. The number of hydrogen-bond donors (Lipinski definition) is 5. The first-order chi connectivity index (χ1) is 21.1. The van der Waals surface area contributed by atoms with Crippen molar-refractivity contribution < 1.29 is 49.1 Å². The number of H-pyrrole nitrogens is 1. The lowest BCUT2D eigenvalue weighted by molar-refractivity contribution is -0.174. The average molecular weight is 648 g/mol. The van der Waals surface area contributed by atoms with Gasteiger partial charge in [0.15, 0.2) is 0 Å². The number of halogens is 1. The quantitative estimate of drug-likeness (QED) is 0.278. The molecule has 1 aromatic carbocycles. The second-order valence-corrected chi connectivity index (χ2v) is 12.1. The molecule has 4 heterocycles. The molecule has 5 N–H and O–H groups in total. The second-order valence-electron chi connectivity index (χ2n) is 11.7. The number of nitrogens with zero attached hydrogens (tertiary/aromatic N) is 2. The van der Waals surface area contributed by atoms with Gasteiger partial charge >= 0.3 is 23.9 Å². The van der Waals surface area contributed by atoms with Crippen LogP contribution in [0.2, 0.25) is 5.02 Å². The van der Waals surface area contributed by atoms with Crippen molar-refractivity contribution in [1.29, 1.82) is 0 Å². The molecule has 2 atom stereocenters. The van der Waals surface area contributed by atoms with E-state index in [2.05, 4.69) is 41.7 Å². The van der Waals surface area contributed by atoms with Crippen molar-refractivity contribution >= 4 is 35.5 Å². The molecule has 0 aliphatic carbocycles. The molecule has 0 radical (unpaired) electrons. The Balaban J connectivity index is 0.000000287. The molecule has 3 aliphatic rings. The Morgan fingerprint density at radius 1 is 1.00 bits per heavy atom. The molecule has 1 aromatic heterocycles. The van der Waals surface area contributed by atoms with E-state index in [0.717, 1.165) is 49.7 Å². The smallest absolute Gasteiger partial charge is 0.328 e. The number of aryl methyl sites for hydroxylation is 1. The van der Waals surface area contributed by atoms with E-state index in [1.165, 1.54) is 18.5 Å². The molecular weight excluding hydrogens is 610 g/mol. The van der Waals surface area contributed by atoms with E-state index in [0.29, 0.717) is 35.2 Å². The Kier molecular flexibility index (Phi) is 11.9. The van der Waals surface area contributed by atoms with E-state index >= 15 is 0 Å². The van der Waals surface area contributed by atoms with Crippen LogP contribution in [0.15, 0.2) is 48.8 Å². The van der Waals surface area contributed by atoms with E-state index in [1.54, 1.807) is 6.33 Å². The lowest BCUT2D eigenvalue weighted by Crippen LogP contribution is -2.54. The van der Waals surface area contributed by atoms with Crippen LogP contribution >= 0.6 is 11.6 Å². The molecule has 13 nitrogen and oxygen atoms in total. The number of benzene rings is 1. The summed E-state index contributed by atoms with van der Waals surface area (Å²) < 4.78 is 13.0. The molecule has 0 unspecified atom stereocenters. The number of aliphatic carboxylic acids is 4. The Bertz CT molecular complexity index is 1380. The van der Waals surface area contributed by atoms with Crippen molar-refractivity contribution in [1.82, 2.24) is 14.9 Å². The number of imidazole rings is 1. The van der Waals surface area contributed by atoms with Crippen LogP contribution in [0.1, 0.15) is 56.2 Å². The summed E-state index contributed by atoms with van der Waals surface area (Å²) in [6, 6.07) is 5.96. The zero-order valence-corrected chi connectivity index (χ0v) is 26.0. The molecule has 3 aliphatic heterocycles. The topological polar surface area (TPSA) is 200 Å². The third kappa shape index (κ3) is 10.2. The van der Waals surface area contributed by atoms with Gasteiger partial charge in [-0.25, -0.2) is 24.2 Å². The molecule has 1 spiro atoms.